The Morgan fingerprint density at radius 3 is 2.95 bits per heavy atom. The predicted octanol–water partition coefficient (Wildman–Crippen LogP) is 0.673. The van der Waals surface area contributed by atoms with Gasteiger partial charge in [0.05, 0.1) is 18.9 Å². The maximum atomic E-state index is 5.70. The fraction of sp³-hybridized carbons (Fsp3) is 0.538. The van der Waals surface area contributed by atoms with Gasteiger partial charge in [-0.15, -0.1) is 0 Å². The highest BCUT2D eigenvalue weighted by molar-refractivity contribution is 5.68. The van der Waals surface area contributed by atoms with Gasteiger partial charge in [-0.05, 0) is 18.9 Å². The van der Waals surface area contributed by atoms with Crippen molar-refractivity contribution in [2.45, 2.75) is 18.9 Å². The maximum absolute atomic E-state index is 5.70. The number of anilines is 1. The summed E-state index contributed by atoms with van der Waals surface area (Å²) in [6.45, 7) is 3.18. The fourth-order valence-electron chi connectivity index (χ4n) is 2.56. The maximum Gasteiger partial charge on any atom is 0.154 e. The van der Waals surface area contributed by atoms with Gasteiger partial charge in [-0.3, -0.25) is 0 Å². The Labute approximate surface area is 112 Å². The molecule has 19 heavy (non-hydrogen) atoms. The van der Waals surface area contributed by atoms with Gasteiger partial charge in [0.25, 0.3) is 0 Å². The third-order valence-corrected chi connectivity index (χ3v) is 3.52. The number of hydrogen-bond donors (Lipinski definition) is 1. The summed E-state index contributed by atoms with van der Waals surface area (Å²) in [7, 11) is 0. The van der Waals surface area contributed by atoms with Crippen molar-refractivity contribution >= 4 is 11.3 Å². The van der Waals surface area contributed by atoms with E-state index in [9.17, 15) is 0 Å². The van der Waals surface area contributed by atoms with Crippen molar-refractivity contribution in [3.63, 3.8) is 0 Å². The molecule has 3 rings (SSSR count). The van der Waals surface area contributed by atoms with Crippen LogP contribution < -0.4 is 10.6 Å². The van der Waals surface area contributed by atoms with Gasteiger partial charge in [0, 0.05) is 32.0 Å². The lowest BCUT2D eigenvalue weighted by Gasteiger charge is -2.32. The van der Waals surface area contributed by atoms with Crippen LogP contribution in [0.3, 0.4) is 0 Å². The SMILES string of the molecule is NCCOC1CCN(c2nccn3nccc23)CC1. The number of rotatable bonds is 4. The summed E-state index contributed by atoms with van der Waals surface area (Å²) in [5.74, 6) is 1.01. The molecule has 3 heterocycles. The third kappa shape index (κ3) is 2.54. The molecule has 1 aliphatic rings. The van der Waals surface area contributed by atoms with Crippen molar-refractivity contribution in [3.05, 3.63) is 24.7 Å². The second-order valence-corrected chi connectivity index (χ2v) is 4.76. The molecule has 0 saturated carbocycles. The van der Waals surface area contributed by atoms with Crippen LogP contribution in [0.2, 0.25) is 0 Å². The van der Waals surface area contributed by atoms with Crippen LogP contribution in [-0.4, -0.2) is 46.9 Å². The van der Waals surface area contributed by atoms with E-state index in [1.165, 1.54) is 0 Å². The Balaban J connectivity index is 1.69. The zero-order valence-corrected chi connectivity index (χ0v) is 10.9. The number of nitrogens with zero attached hydrogens (tertiary/aromatic N) is 4. The highest BCUT2D eigenvalue weighted by Gasteiger charge is 2.21. The van der Waals surface area contributed by atoms with Crippen LogP contribution in [0.1, 0.15) is 12.8 Å². The topological polar surface area (TPSA) is 68.7 Å². The molecule has 1 aliphatic heterocycles. The third-order valence-electron chi connectivity index (χ3n) is 3.52. The first kappa shape index (κ1) is 12.4. The largest absolute Gasteiger partial charge is 0.377 e. The van der Waals surface area contributed by atoms with Gasteiger partial charge < -0.3 is 15.4 Å². The van der Waals surface area contributed by atoms with Crippen molar-refractivity contribution < 1.29 is 4.74 Å². The summed E-state index contributed by atoms with van der Waals surface area (Å²) >= 11 is 0. The van der Waals surface area contributed by atoms with Crippen LogP contribution >= 0.6 is 0 Å². The van der Waals surface area contributed by atoms with E-state index in [1.54, 1.807) is 12.4 Å². The molecule has 1 fully saturated rings. The normalized spacial score (nSPS) is 17.2. The fourth-order valence-corrected chi connectivity index (χ4v) is 2.56. The van der Waals surface area contributed by atoms with Crippen molar-refractivity contribution in [2.24, 2.45) is 5.73 Å². The van der Waals surface area contributed by atoms with E-state index >= 15 is 0 Å². The Morgan fingerprint density at radius 2 is 2.16 bits per heavy atom. The van der Waals surface area contributed by atoms with Crippen LogP contribution in [0.5, 0.6) is 0 Å². The molecule has 102 valence electrons. The summed E-state index contributed by atoms with van der Waals surface area (Å²) in [6.07, 6.45) is 7.86. The molecular formula is C13H19N5O. The molecular weight excluding hydrogens is 242 g/mol. The molecule has 0 radical (unpaired) electrons. The molecule has 0 spiro atoms. The average molecular weight is 261 g/mol. The first-order chi connectivity index (χ1) is 9.38. The lowest BCUT2D eigenvalue weighted by atomic mass is 10.1. The van der Waals surface area contributed by atoms with Crippen molar-refractivity contribution in [2.75, 3.05) is 31.1 Å². The Hall–Kier alpha value is -1.66. The summed E-state index contributed by atoms with van der Waals surface area (Å²) in [5.41, 5.74) is 6.52. The summed E-state index contributed by atoms with van der Waals surface area (Å²) < 4.78 is 7.56. The minimum absolute atomic E-state index is 0.337. The minimum atomic E-state index is 0.337. The number of ether oxygens (including phenoxy) is 1. The zero-order valence-electron chi connectivity index (χ0n) is 10.9. The summed E-state index contributed by atoms with van der Waals surface area (Å²) in [4.78, 5) is 6.80. The Morgan fingerprint density at radius 1 is 1.32 bits per heavy atom. The molecule has 1 saturated heterocycles. The average Bonchev–Trinajstić information content (AvgIpc) is 2.94. The van der Waals surface area contributed by atoms with Gasteiger partial charge in [-0.25, -0.2) is 9.50 Å². The first-order valence-electron chi connectivity index (χ1n) is 6.73. The van der Waals surface area contributed by atoms with Crippen molar-refractivity contribution in [3.8, 4) is 0 Å². The first-order valence-corrected chi connectivity index (χ1v) is 6.73. The van der Waals surface area contributed by atoms with Crippen molar-refractivity contribution in [1.29, 1.82) is 0 Å². The molecule has 6 heteroatoms. The van der Waals surface area contributed by atoms with Crippen LogP contribution in [0.4, 0.5) is 5.82 Å². The monoisotopic (exact) mass is 261 g/mol. The lowest BCUT2D eigenvalue weighted by Crippen LogP contribution is -2.38. The highest BCUT2D eigenvalue weighted by Crippen LogP contribution is 2.23. The molecule has 0 bridgehead atoms. The van der Waals surface area contributed by atoms with Crippen LogP contribution in [0.25, 0.3) is 5.52 Å². The van der Waals surface area contributed by atoms with E-state index in [-0.39, 0.29) is 0 Å². The van der Waals surface area contributed by atoms with E-state index in [0.29, 0.717) is 19.3 Å². The van der Waals surface area contributed by atoms with Gasteiger partial charge in [0.1, 0.15) is 5.52 Å². The number of fused-ring (bicyclic) bond motifs is 1. The quantitative estimate of drug-likeness (QED) is 0.876. The van der Waals surface area contributed by atoms with Gasteiger partial charge in [-0.2, -0.15) is 5.10 Å². The molecule has 0 amide bonds. The van der Waals surface area contributed by atoms with E-state index in [4.69, 9.17) is 10.5 Å². The van der Waals surface area contributed by atoms with E-state index < -0.39 is 0 Å². The van der Waals surface area contributed by atoms with E-state index in [1.807, 2.05) is 16.8 Å². The van der Waals surface area contributed by atoms with Gasteiger partial charge in [0.2, 0.25) is 0 Å². The summed E-state index contributed by atoms with van der Waals surface area (Å²) in [6, 6.07) is 2.00. The highest BCUT2D eigenvalue weighted by atomic mass is 16.5. The second-order valence-electron chi connectivity index (χ2n) is 4.76. The Bertz CT molecular complexity index is 533. The van der Waals surface area contributed by atoms with E-state index in [0.717, 1.165) is 37.3 Å². The molecule has 0 aliphatic carbocycles. The van der Waals surface area contributed by atoms with Crippen LogP contribution in [-0.2, 0) is 4.74 Å². The molecule has 6 nitrogen and oxygen atoms in total. The lowest BCUT2D eigenvalue weighted by molar-refractivity contribution is 0.0421. The number of piperidine rings is 1. The van der Waals surface area contributed by atoms with Gasteiger partial charge in [-0.1, -0.05) is 0 Å². The number of nitrogens with two attached hydrogens (primary N) is 1. The standard InChI is InChI=1S/C13H19N5O/c14-4-10-19-11-2-7-17(8-3-11)13-12-1-5-16-18(12)9-6-15-13/h1,5-6,9,11H,2-4,7-8,10,14H2. The van der Waals surface area contributed by atoms with Crippen LogP contribution in [0, 0.1) is 0 Å². The molecule has 0 unspecified atom stereocenters. The van der Waals surface area contributed by atoms with Gasteiger partial charge in [0.15, 0.2) is 5.82 Å². The summed E-state index contributed by atoms with van der Waals surface area (Å²) in [5, 5.41) is 4.24. The minimum Gasteiger partial charge on any atom is -0.377 e. The van der Waals surface area contributed by atoms with E-state index in [2.05, 4.69) is 15.0 Å². The van der Waals surface area contributed by atoms with Gasteiger partial charge >= 0.3 is 0 Å². The second kappa shape index (κ2) is 5.54. The van der Waals surface area contributed by atoms with Crippen LogP contribution in [0.15, 0.2) is 24.7 Å². The smallest absolute Gasteiger partial charge is 0.154 e. The molecule has 2 aromatic rings. The molecule has 2 N–H and O–H groups in total. The number of hydrogen-bond acceptors (Lipinski definition) is 5. The molecule has 0 atom stereocenters. The Kier molecular flexibility index (Phi) is 3.61. The predicted molar refractivity (Wildman–Crippen MR) is 73.2 cm³/mol. The zero-order chi connectivity index (χ0) is 13.1. The molecule has 0 aromatic carbocycles. The van der Waals surface area contributed by atoms with Crippen molar-refractivity contribution in [1.82, 2.24) is 14.6 Å². The molecule has 2 aromatic heterocycles. The number of aromatic nitrogens is 3.